The highest BCUT2D eigenvalue weighted by molar-refractivity contribution is 9.10. The molecule has 3 aromatic rings. The van der Waals surface area contributed by atoms with Crippen LogP contribution in [0.5, 0.6) is 0 Å². The Morgan fingerprint density at radius 3 is 2.73 bits per heavy atom. The number of halogens is 1. The Morgan fingerprint density at radius 1 is 1.31 bits per heavy atom. The Hall–Kier alpha value is -2.94. The molecule has 8 nitrogen and oxygen atoms in total. The number of nitrogens with zero attached hydrogens (tertiary/aromatic N) is 4. The zero-order chi connectivity index (χ0) is 18.7. The molecule has 26 heavy (non-hydrogen) atoms. The van der Waals surface area contributed by atoms with E-state index in [1.165, 1.54) is 4.57 Å². The number of aromatic nitrogens is 4. The van der Waals surface area contributed by atoms with Crippen LogP contribution < -0.4 is 16.7 Å². The zero-order valence-electron chi connectivity index (χ0n) is 14.2. The predicted molar refractivity (Wildman–Crippen MR) is 106 cm³/mol. The molecule has 134 valence electrons. The molecule has 0 fully saturated rings. The molecule has 2 aromatic heterocycles. The van der Waals surface area contributed by atoms with E-state index in [0.717, 1.165) is 10.0 Å². The van der Waals surface area contributed by atoms with Crippen molar-refractivity contribution in [2.24, 2.45) is 12.1 Å². The maximum atomic E-state index is 12.3. The largest absolute Gasteiger partial charge is 0.329 e. The summed E-state index contributed by atoms with van der Waals surface area (Å²) >= 11 is 3.38. The lowest BCUT2D eigenvalue weighted by molar-refractivity contribution is 0.818. The number of H-pyrrole nitrogens is 1. The van der Waals surface area contributed by atoms with Gasteiger partial charge in [-0.3, -0.25) is 18.9 Å². The Kier molecular flexibility index (Phi) is 5.17. The third-order valence-corrected chi connectivity index (χ3v) is 4.31. The lowest BCUT2D eigenvalue weighted by atomic mass is 10.2. The summed E-state index contributed by atoms with van der Waals surface area (Å²) in [6, 6.07) is 7.65. The smallest absolute Gasteiger partial charge is 0.299 e. The van der Waals surface area contributed by atoms with Gasteiger partial charge in [-0.15, -0.1) is 0 Å². The highest BCUT2D eigenvalue weighted by atomic mass is 79.9. The van der Waals surface area contributed by atoms with Gasteiger partial charge in [-0.2, -0.15) is 10.1 Å². The molecule has 0 saturated carbocycles. The quantitative estimate of drug-likeness (QED) is 0.378. The average molecular weight is 417 g/mol. The second-order valence-corrected chi connectivity index (χ2v) is 6.44. The number of aromatic amines is 1. The van der Waals surface area contributed by atoms with E-state index in [4.69, 9.17) is 0 Å². The van der Waals surface area contributed by atoms with Crippen molar-refractivity contribution in [3.63, 3.8) is 0 Å². The number of nitrogens with one attached hydrogen (secondary N) is 2. The van der Waals surface area contributed by atoms with E-state index in [1.807, 2.05) is 43.3 Å². The van der Waals surface area contributed by atoms with Gasteiger partial charge in [0.1, 0.15) is 0 Å². The summed E-state index contributed by atoms with van der Waals surface area (Å²) in [6.45, 7) is 2.31. The van der Waals surface area contributed by atoms with E-state index in [0.29, 0.717) is 23.7 Å². The normalized spacial score (nSPS) is 11.8. The third kappa shape index (κ3) is 3.52. The molecule has 0 aliphatic carbocycles. The van der Waals surface area contributed by atoms with Gasteiger partial charge in [0, 0.05) is 18.1 Å². The van der Waals surface area contributed by atoms with Gasteiger partial charge >= 0.3 is 5.69 Å². The van der Waals surface area contributed by atoms with Crippen LogP contribution in [0.1, 0.15) is 12.5 Å². The summed E-state index contributed by atoms with van der Waals surface area (Å²) in [5.74, 6) is 0.373. The Labute approximate surface area is 157 Å². The first kappa shape index (κ1) is 17.9. The van der Waals surface area contributed by atoms with Crippen molar-refractivity contribution in [2.45, 2.75) is 13.5 Å². The minimum atomic E-state index is -0.511. The fraction of sp³-hybridized carbons (Fsp3) is 0.176. The van der Waals surface area contributed by atoms with Crippen LogP contribution in [-0.2, 0) is 13.6 Å². The van der Waals surface area contributed by atoms with E-state index >= 15 is 0 Å². The number of hydrazone groups is 1. The van der Waals surface area contributed by atoms with Crippen LogP contribution in [-0.4, -0.2) is 25.3 Å². The van der Waals surface area contributed by atoms with Crippen molar-refractivity contribution in [2.75, 3.05) is 5.43 Å². The SMILES string of the molecule is CC=CCn1c(NN=Cc2ccc(Br)cc2)nc2c1c(=O)[nH]c(=O)n2C. The zero-order valence-corrected chi connectivity index (χ0v) is 15.8. The van der Waals surface area contributed by atoms with Crippen molar-refractivity contribution >= 4 is 39.3 Å². The number of imidazole rings is 1. The first-order valence-corrected chi connectivity index (χ1v) is 8.66. The molecule has 0 radical (unpaired) electrons. The number of fused-ring (bicyclic) bond motifs is 1. The van der Waals surface area contributed by atoms with Crippen molar-refractivity contribution in [1.29, 1.82) is 0 Å². The summed E-state index contributed by atoms with van der Waals surface area (Å²) in [5, 5.41) is 4.19. The molecule has 1 aromatic carbocycles. The lowest BCUT2D eigenvalue weighted by Crippen LogP contribution is -2.29. The molecule has 0 amide bonds. The summed E-state index contributed by atoms with van der Waals surface area (Å²) in [4.78, 5) is 30.7. The Balaban J connectivity index is 2.02. The van der Waals surface area contributed by atoms with Gasteiger partial charge < -0.3 is 0 Å². The first-order chi connectivity index (χ1) is 12.5. The van der Waals surface area contributed by atoms with E-state index in [1.54, 1.807) is 17.8 Å². The van der Waals surface area contributed by atoms with Gasteiger partial charge in [-0.1, -0.05) is 40.2 Å². The fourth-order valence-corrected chi connectivity index (χ4v) is 2.69. The fourth-order valence-electron chi connectivity index (χ4n) is 2.42. The second kappa shape index (κ2) is 7.52. The first-order valence-electron chi connectivity index (χ1n) is 7.86. The monoisotopic (exact) mass is 416 g/mol. The summed E-state index contributed by atoms with van der Waals surface area (Å²) in [7, 11) is 1.56. The molecule has 0 spiro atoms. The number of benzene rings is 1. The Morgan fingerprint density at radius 2 is 2.04 bits per heavy atom. The van der Waals surface area contributed by atoms with E-state index in [2.05, 4.69) is 36.4 Å². The van der Waals surface area contributed by atoms with Crippen LogP contribution in [0, 0.1) is 0 Å². The van der Waals surface area contributed by atoms with Crippen LogP contribution in [0.3, 0.4) is 0 Å². The number of rotatable bonds is 5. The van der Waals surface area contributed by atoms with Crippen molar-refractivity contribution in [3.8, 4) is 0 Å². The van der Waals surface area contributed by atoms with Gasteiger partial charge in [0.15, 0.2) is 11.2 Å². The van der Waals surface area contributed by atoms with Gasteiger partial charge in [-0.25, -0.2) is 10.2 Å². The van der Waals surface area contributed by atoms with Crippen LogP contribution in [0.4, 0.5) is 5.95 Å². The van der Waals surface area contributed by atoms with Gasteiger partial charge in [0.25, 0.3) is 5.56 Å². The summed E-state index contributed by atoms with van der Waals surface area (Å²) < 4.78 is 3.95. The molecule has 2 heterocycles. The molecule has 0 bridgehead atoms. The third-order valence-electron chi connectivity index (χ3n) is 3.78. The Bertz CT molecular complexity index is 1110. The van der Waals surface area contributed by atoms with Crippen molar-refractivity contribution < 1.29 is 0 Å². The molecule has 2 N–H and O–H groups in total. The maximum Gasteiger partial charge on any atom is 0.329 e. The summed E-state index contributed by atoms with van der Waals surface area (Å²) in [5.41, 5.74) is 3.38. The number of anilines is 1. The minimum absolute atomic E-state index is 0.296. The van der Waals surface area contributed by atoms with Crippen LogP contribution >= 0.6 is 15.9 Å². The van der Waals surface area contributed by atoms with Crippen molar-refractivity contribution in [3.05, 3.63) is 67.3 Å². The highest BCUT2D eigenvalue weighted by Crippen LogP contribution is 2.15. The summed E-state index contributed by atoms with van der Waals surface area (Å²) in [6.07, 6.45) is 5.40. The molecule has 3 rings (SSSR count). The van der Waals surface area contributed by atoms with Crippen molar-refractivity contribution in [1.82, 2.24) is 19.1 Å². The maximum absolute atomic E-state index is 12.3. The molecule has 0 unspecified atom stereocenters. The minimum Gasteiger partial charge on any atom is -0.299 e. The molecule has 0 atom stereocenters. The molecular weight excluding hydrogens is 400 g/mol. The van der Waals surface area contributed by atoms with Crippen LogP contribution in [0.25, 0.3) is 11.2 Å². The number of aryl methyl sites for hydroxylation is 1. The highest BCUT2D eigenvalue weighted by Gasteiger charge is 2.16. The molecule has 0 aliphatic heterocycles. The van der Waals surface area contributed by atoms with E-state index < -0.39 is 11.2 Å². The number of hydrogen-bond donors (Lipinski definition) is 2. The van der Waals surface area contributed by atoms with Gasteiger partial charge in [-0.05, 0) is 24.6 Å². The molecule has 9 heteroatoms. The van der Waals surface area contributed by atoms with E-state index in [9.17, 15) is 9.59 Å². The average Bonchev–Trinajstić information content (AvgIpc) is 2.99. The molecule has 0 saturated heterocycles. The number of allylic oxidation sites excluding steroid dienone is 2. The topological polar surface area (TPSA) is 97.1 Å². The standard InChI is InChI=1S/C17H17BrN6O2/c1-3-4-9-24-13-14(23(2)17(26)21-15(13)25)20-16(24)22-19-10-11-5-7-12(18)8-6-11/h3-8,10H,9H2,1-2H3,(H,20,22)(H,21,25,26). The van der Waals surface area contributed by atoms with E-state index in [-0.39, 0.29) is 0 Å². The van der Waals surface area contributed by atoms with Gasteiger partial charge in [0.2, 0.25) is 5.95 Å². The molecule has 0 aliphatic rings. The second-order valence-electron chi connectivity index (χ2n) is 5.53. The van der Waals surface area contributed by atoms with Crippen LogP contribution in [0.15, 0.2) is 55.6 Å². The van der Waals surface area contributed by atoms with Crippen LogP contribution in [0.2, 0.25) is 0 Å². The predicted octanol–water partition coefficient (Wildman–Crippen LogP) is 2.21. The number of hydrogen-bond acceptors (Lipinski definition) is 5. The lowest BCUT2D eigenvalue weighted by Gasteiger charge is -2.04. The van der Waals surface area contributed by atoms with Gasteiger partial charge in [0.05, 0.1) is 6.21 Å². The molecular formula is C17H17BrN6O2.